The summed E-state index contributed by atoms with van der Waals surface area (Å²) in [5.41, 5.74) is 5.62. The lowest BCUT2D eigenvalue weighted by Gasteiger charge is -2.20. The van der Waals surface area contributed by atoms with Crippen molar-refractivity contribution in [2.24, 2.45) is 11.1 Å². The zero-order valence-corrected chi connectivity index (χ0v) is 11.0. The molecule has 0 unspecified atom stereocenters. The molecular formula is C12H15BrFNO. The van der Waals surface area contributed by atoms with Crippen molar-refractivity contribution >= 4 is 21.7 Å². The molecule has 0 saturated heterocycles. The number of hydrogen-bond donors (Lipinski definition) is 1. The van der Waals surface area contributed by atoms with Crippen molar-refractivity contribution in [3.05, 3.63) is 34.1 Å². The number of rotatable bonds is 4. The van der Waals surface area contributed by atoms with Crippen LogP contribution in [0.2, 0.25) is 0 Å². The third-order valence-electron chi connectivity index (χ3n) is 2.55. The number of carbonyl (C=O) groups is 1. The van der Waals surface area contributed by atoms with Crippen LogP contribution < -0.4 is 5.73 Å². The zero-order valence-electron chi connectivity index (χ0n) is 9.39. The van der Waals surface area contributed by atoms with Gasteiger partial charge in [0, 0.05) is 22.9 Å². The Balaban J connectivity index is 2.85. The molecule has 1 aromatic rings. The van der Waals surface area contributed by atoms with Gasteiger partial charge in [0.2, 0.25) is 0 Å². The average molecular weight is 288 g/mol. The number of ketones is 1. The highest BCUT2D eigenvalue weighted by molar-refractivity contribution is 9.10. The molecule has 88 valence electrons. The molecule has 0 saturated carbocycles. The van der Waals surface area contributed by atoms with E-state index < -0.39 is 5.41 Å². The Kier molecular flexibility index (Phi) is 4.21. The first-order chi connectivity index (χ1) is 7.35. The van der Waals surface area contributed by atoms with Crippen LogP contribution in [0.5, 0.6) is 0 Å². The summed E-state index contributed by atoms with van der Waals surface area (Å²) in [5, 5.41) is 0. The van der Waals surface area contributed by atoms with Crippen molar-refractivity contribution in [2.75, 3.05) is 6.54 Å². The van der Waals surface area contributed by atoms with Gasteiger partial charge in [-0.25, -0.2) is 4.39 Å². The van der Waals surface area contributed by atoms with Crippen LogP contribution in [0.25, 0.3) is 0 Å². The molecule has 1 rings (SSSR count). The van der Waals surface area contributed by atoms with Gasteiger partial charge in [0.1, 0.15) is 11.6 Å². The number of nitrogens with two attached hydrogens (primary N) is 1. The summed E-state index contributed by atoms with van der Waals surface area (Å²) < 4.78 is 13.7. The Labute approximate surface area is 103 Å². The van der Waals surface area contributed by atoms with Crippen LogP contribution in [0.3, 0.4) is 0 Å². The van der Waals surface area contributed by atoms with Gasteiger partial charge in [-0.15, -0.1) is 0 Å². The van der Waals surface area contributed by atoms with Crippen molar-refractivity contribution in [3.8, 4) is 0 Å². The highest BCUT2D eigenvalue weighted by atomic mass is 79.9. The van der Waals surface area contributed by atoms with E-state index >= 15 is 0 Å². The van der Waals surface area contributed by atoms with Crippen LogP contribution in [0.1, 0.15) is 19.4 Å². The second kappa shape index (κ2) is 5.06. The van der Waals surface area contributed by atoms with E-state index in [1.807, 2.05) is 0 Å². The SMILES string of the molecule is CC(C)(CN)C(=O)Cc1cc(F)cc(Br)c1. The summed E-state index contributed by atoms with van der Waals surface area (Å²) in [6.07, 6.45) is 0.209. The van der Waals surface area contributed by atoms with Gasteiger partial charge >= 0.3 is 0 Å². The predicted octanol–water partition coefficient (Wildman–Crippen LogP) is 2.68. The van der Waals surface area contributed by atoms with Crippen molar-refractivity contribution in [2.45, 2.75) is 20.3 Å². The van der Waals surface area contributed by atoms with Crippen molar-refractivity contribution < 1.29 is 9.18 Å². The molecule has 16 heavy (non-hydrogen) atoms. The van der Waals surface area contributed by atoms with E-state index in [0.717, 1.165) is 0 Å². The van der Waals surface area contributed by atoms with Gasteiger partial charge in [0.15, 0.2) is 0 Å². The Morgan fingerprint density at radius 2 is 2.06 bits per heavy atom. The summed E-state index contributed by atoms with van der Waals surface area (Å²) in [4.78, 5) is 11.9. The van der Waals surface area contributed by atoms with Crippen molar-refractivity contribution in [3.63, 3.8) is 0 Å². The maximum Gasteiger partial charge on any atom is 0.144 e. The highest BCUT2D eigenvalue weighted by Crippen LogP contribution is 2.20. The van der Waals surface area contributed by atoms with Gasteiger partial charge in [0.05, 0.1) is 0 Å². The summed E-state index contributed by atoms with van der Waals surface area (Å²) in [5.74, 6) is -0.324. The number of Topliss-reactive ketones (excluding diaryl/α,β-unsaturated/α-hetero) is 1. The quantitative estimate of drug-likeness (QED) is 0.925. The number of hydrogen-bond acceptors (Lipinski definition) is 2. The van der Waals surface area contributed by atoms with Crippen LogP contribution in [0, 0.1) is 11.2 Å². The van der Waals surface area contributed by atoms with Crippen LogP contribution >= 0.6 is 15.9 Å². The van der Waals surface area contributed by atoms with Gasteiger partial charge < -0.3 is 5.73 Å². The second-order valence-corrected chi connectivity index (χ2v) is 5.38. The minimum absolute atomic E-state index is 0.0208. The minimum atomic E-state index is -0.557. The molecular weight excluding hydrogens is 273 g/mol. The maximum atomic E-state index is 13.1. The summed E-state index contributed by atoms with van der Waals surface area (Å²) in [6, 6.07) is 4.48. The Morgan fingerprint density at radius 3 is 2.56 bits per heavy atom. The first kappa shape index (κ1) is 13.3. The lowest BCUT2D eigenvalue weighted by atomic mass is 9.85. The Bertz CT molecular complexity index is 384. The lowest BCUT2D eigenvalue weighted by molar-refractivity contribution is -0.125. The van der Waals surface area contributed by atoms with E-state index in [4.69, 9.17) is 5.73 Å². The van der Waals surface area contributed by atoms with E-state index in [1.54, 1.807) is 19.9 Å². The van der Waals surface area contributed by atoms with Crippen LogP contribution in [-0.4, -0.2) is 12.3 Å². The number of carbonyl (C=O) groups excluding carboxylic acids is 1. The molecule has 0 bridgehead atoms. The van der Waals surface area contributed by atoms with Crippen LogP contribution in [-0.2, 0) is 11.2 Å². The first-order valence-corrected chi connectivity index (χ1v) is 5.83. The molecule has 0 amide bonds. The zero-order chi connectivity index (χ0) is 12.3. The Hall–Kier alpha value is -0.740. The minimum Gasteiger partial charge on any atom is -0.329 e. The maximum absolute atomic E-state index is 13.1. The van der Waals surface area contributed by atoms with E-state index in [2.05, 4.69) is 15.9 Å². The van der Waals surface area contributed by atoms with E-state index in [9.17, 15) is 9.18 Å². The topological polar surface area (TPSA) is 43.1 Å². The fraction of sp³-hybridized carbons (Fsp3) is 0.417. The standard InChI is InChI=1S/C12H15BrFNO/c1-12(2,7-15)11(16)5-8-3-9(13)6-10(14)4-8/h3-4,6H,5,7,15H2,1-2H3. The largest absolute Gasteiger partial charge is 0.329 e. The molecule has 0 aliphatic rings. The lowest BCUT2D eigenvalue weighted by Crippen LogP contribution is -2.33. The van der Waals surface area contributed by atoms with E-state index in [-0.39, 0.29) is 18.0 Å². The fourth-order valence-corrected chi connectivity index (χ4v) is 1.76. The number of halogens is 2. The molecule has 0 atom stereocenters. The molecule has 2 N–H and O–H groups in total. The molecule has 0 aliphatic heterocycles. The van der Waals surface area contributed by atoms with Crippen LogP contribution in [0.4, 0.5) is 4.39 Å². The molecule has 1 aromatic carbocycles. The van der Waals surface area contributed by atoms with Gasteiger partial charge in [-0.2, -0.15) is 0 Å². The average Bonchev–Trinajstić information content (AvgIpc) is 2.15. The third kappa shape index (κ3) is 3.39. The molecule has 0 fully saturated rings. The van der Waals surface area contributed by atoms with Gasteiger partial charge in [-0.05, 0) is 23.8 Å². The third-order valence-corrected chi connectivity index (χ3v) is 3.01. The summed E-state index contributed by atoms with van der Waals surface area (Å²) in [7, 11) is 0. The van der Waals surface area contributed by atoms with Gasteiger partial charge in [-0.1, -0.05) is 29.8 Å². The predicted molar refractivity (Wildman–Crippen MR) is 65.6 cm³/mol. The fourth-order valence-electron chi connectivity index (χ4n) is 1.25. The molecule has 2 nitrogen and oxygen atoms in total. The smallest absolute Gasteiger partial charge is 0.144 e. The van der Waals surface area contributed by atoms with Gasteiger partial charge in [-0.3, -0.25) is 4.79 Å². The van der Waals surface area contributed by atoms with Crippen molar-refractivity contribution in [1.82, 2.24) is 0 Å². The molecule has 0 spiro atoms. The summed E-state index contributed by atoms with van der Waals surface area (Å²) >= 11 is 3.19. The number of benzene rings is 1. The molecule has 0 aromatic heterocycles. The van der Waals surface area contributed by atoms with Crippen LogP contribution in [0.15, 0.2) is 22.7 Å². The molecule has 0 radical (unpaired) electrons. The highest BCUT2D eigenvalue weighted by Gasteiger charge is 2.25. The van der Waals surface area contributed by atoms with E-state index in [1.165, 1.54) is 12.1 Å². The van der Waals surface area contributed by atoms with E-state index in [0.29, 0.717) is 16.6 Å². The summed E-state index contributed by atoms with van der Waals surface area (Å²) in [6.45, 7) is 3.88. The van der Waals surface area contributed by atoms with Crippen molar-refractivity contribution in [1.29, 1.82) is 0 Å². The second-order valence-electron chi connectivity index (χ2n) is 4.47. The normalized spacial score (nSPS) is 11.6. The monoisotopic (exact) mass is 287 g/mol. The Morgan fingerprint density at radius 1 is 1.44 bits per heavy atom. The molecule has 0 heterocycles. The molecule has 4 heteroatoms. The molecule has 0 aliphatic carbocycles. The van der Waals surface area contributed by atoms with Gasteiger partial charge in [0.25, 0.3) is 0 Å². The first-order valence-electron chi connectivity index (χ1n) is 5.03.